The molecule has 0 bridgehead atoms. The summed E-state index contributed by atoms with van der Waals surface area (Å²) in [4.78, 5) is 30.0. The maximum Gasteiger partial charge on any atom is 0.280 e. The zero-order valence-electron chi connectivity index (χ0n) is 15.5. The van der Waals surface area contributed by atoms with E-state index >= 15 is 0 Å². The Labute approximate surface area is 171 Å². The summed E-state index contributed by atoms with van der Waals surface area (Å²) in [7, 11) is 1.52. The lowest BCUT2D eigenvalue weighted by molar-refractivity contribution is -0.116. The van der Waals surface area contributed by atoms with E-state index in [1.54, 1.807) is 53.3 Å². The number of carbonyl (C=O) groups excluding carboxylic acids is 1. The lowest BCUT2D eigenvalue weighted by Gasteiger charge is -2.13. The molecule has 0 aliphatic heterocycles. The molecule has 1 amide bonds. The molecule has 0 saturated heterocycles. The predicted molar refractivity (Wildman–Crippen MR) is 112 cm³/mol. The summed E-state index contributed by atoms with van der Waals surface area (Å²) in [6, 6.07) is 17.5. The number of halogens is 1. The SMILES string of the molecule is COc1ccc(NC(=O)Cn2c3ncccc3c(=O)n2-c2ccccc2)cc1Cl. The number of carbonyl (C=O) groups is 1. The molecule has 146 valence electrons. The lowest BCUT2D eigenvalue weighted by atomic mass is 10.3. The summed E-state index contributed by atoms with van der Waals surface area (Å²) < 4.78 is 8.14. The molecular formula is C21H17ClN4O3. The number of hydrogen-bond donors (Lipinski definition) is 1. The van der Waals surface area contributed by atoms with Gasteiger partial charge in [0.1, 0.15) is 12.3 Å². The molecule has 1 N–H and O–H groups in total. The van der Waals surface area contributed by atoms with E-state index in [0.717, 1.165) is 0 Å². The number of pyridine rings is 1. The van der Waals surface area contributed by atoms with Gasteiger partial charge in [0.2, 0.25) is 5.91 Å². The summed E-state index contributed by atoms with van der Waals surface area (Å²) >= 11 is 6.12. The van der Waals surface area contributed by atoms with Gasteiger partial charge in [0.15, 0.2) is 5.65 Å². The third-order valence-corrected chi connectivity index (χ3v) is 4.72. The number of ether oxygens (including phenoxy) is 1. The zero-order chi connectivity index (χ0) is 20.4. The van der Waals surface area contributed by atoms with Gasteiger partial charge < -0.3 is 10.1 Å². The molecule has 0 aliphatic rings. The van der Waals surface area contributed by atoms with Gasteiger partial charge in [-0.3, -0.25) is 14.3 Å². The maximum atomic E-state index is 12.9. The highest BCUT2D eigenvalue weighted by Gasteiger charge is 2.18. The minimum atomic E-state index is -0.321. The standard InChI is InChI=1S/C21H17ClN4O3/c1-29-18-10-9-14(12-17(18)22)24-19(27)13-25-20-16(8-5-11-23-20)21(28)26(25)15-6-3-2-4-7-15/h2-12H,13H2,1H3,(H,24,27). The third-order valence-electron chi connectivity index (χ3n) is 4.43. The summed E-state index contributed by atoms with van der Waals surface area (Å²) in [5.41, 5.74) is 1.37. The van der Waals surface area contributed by atoms with Crippen molar-refractivity contribution in [2.24, 2.45) is 0 Å². The second kappa shape index (κ2) is 7.81. The van der Waals surface area contributed by atoms with Gasteiger partial charge in [-0.25, -0.2) is 9.67 Å². The van der Waals surface area contributed by atoms with Crippen molar-refractivity contribution in [2.45, 2.75) is 6.54 Å². The Kier molecular flexibility index (Phi) is 5.05. The van der Waals surface area contributed by atoms with Crippen LogP contribution >= 0.6 is 11.6 Å². The van der Waals surface area contributed by atoms with Crippen LogP contribution in [0.5, 0.6) is 5.75 Å². The van der Waals surface area contributed by atoms with Crippen LogP contribution in [0.1, 0.15) is 0 Å². The van der Waals surface area contributed by atoms with Crippen LogP contribution in [-0.4, -0.2) is 27.4 Å². The fourth-order valence-corrected chi connectivity index (χ4v) is 3.40. The highest BCUT2D eigenvalue weighted by Crippen LogP contribution is 2.27. The first-order chi connectivity index (χ1) is 14.1. The van der Waals surface area contributed by atoms with Gasteiger partial charge in [-0.15, -0.1) is 0 Å². The second-order valence-corrected chi connectivity index (χ2v) is 6.69. The Morgan fingerprint density at radius 3 is 2.66 bits per heavy atom. The normalized spacial score (nSPS) is 10.8. The Hall–Kier alpha value is -3.58. The van der Waals surface area contributed by atoms with Crippen molar-refractivity contribution in [3.63, 3.8) is 0 Å². The molecule has 2 heterocycles. The van der Waals surface area contributed by atoms with Crippen molar-refractivity contribution in [3.05, 3.63) is 82.2 Å². The van der Waals surface area contributed by atoms with Crippen molar-refractivity contribution in [2.75, 3.05) is 12.4 Å². The molecule has 0 atom stereocenters. The van der Waals surface area contributed by atoms with E-state index in [1.807, 2.05) is 18.2 Å². The van der Waals surface area contributed by atoms with Crippen LogP contribution in [0.15, 0.2) is 71.7 Å². The molecule has 2 aromatic carbocycles. The fraction of sp³-hybridized carbons (Fsp3) is 0.0952. The number of para-hydroxylation sites is 1. The maximum absolute atomic E-state index is 12.9. The lowest BCUT2D eigenvalue weighted by Crippen LogP contribution is -2.27. The van der Waals surface area contributed by atoms with Gasteiger partial charge in [0, 0.05) is 11.9 Å². The van der Waals surface area contributed by atoms with E-state index < -0.39 is 0 Å². The Morgan fingerprint density at radius 1 is 1.14 bits per heavy atom. The Morgan fingerprint density at radius 2 is 1.93 bits per heavy atom. The summed E-state index contributed by atoms with van der Waals surface area (Å²) in [6.07, 6.45) is 1.59. The van der Waals surface area contributed by atoms with E-state index in [0.29, 0.717) is 33.2 Å². The Balaban J connectivity index is 1.71. The number of nitrogens with one attached hydrogen (secondary N) is 1. The van der Waals surface area contributed by atoms with Crippen LogP contribution in [-0.2, 0) is 11.3 Å². The average molecular weight is 409 g/mol. The monoisotopic (exact) mass is 408 g/mol. The number of aromatic nitrogens is 3. The van der Waals surface area contributed by atoms with Gasteiger partial charge in [-0.1, -0.05) is 29.8 Å². The highest BCUT2D eigenvalue weighted by molar-refractivity contribution is 6.32. The number of anilines is 1. The predicted octanol–water partition coefficient (Wildman–Crippen LogP) is 3.49. The molecule has 0 radical (unpaired) electrons. The molecule has 0 spiro atoms. The molecule has 0 saturated carbocycles. The molecule has 0 unspecified atom stereocenters. The van der Waals surface area contributed by atoms with E-state index in [2.05, 4.69) is 10.3 Å². The quantitative estimate of drug-likeness (QED) is 0.548. The van der Waals surface area contributed by atoms with Crippen molar-refractivity contribution in [1.82, 2.24) is 14.3 Å². The van der Waals surface area contributed by atoms with Gasteiger partial charge in [-0.05, 0) is 42.5 Å². The molecule has 0 aliphatic carbocycles. The van der Waals surface area contributed by atoms with Crippen molar-refractivity contribution >= 4 is 34.2 Å². The minimum Gasteiger partial charge on any atom is -0.495 e. The fourth-order valence-electron chi connectivity index (χ4n) is 3.14. The largest absolute Gasteiger partial charge is 0.495 e. The topological polar surface area (TPSA) is 78.2 Å². The number of fused-ring (bicyclic) bond motifs is 1. The van der Waals surface area contributed by atoms with Crippen LogP contribution in [0.25, 0.3) is 16.7 Å². The average Bonchev–Trinajstić information content (AvgIpc) is 3.01. The summed E-state index contributed by atoms with van der Waals surface area (Å²) in [5, 5.41) is 3.62. The molecule has 2 aromatic heterocycles. The van der Waals surface area contributed by atoms with Crippen LogP contribution in [0.3, 0.4) is 0 Å². The summed E-state index contributed by atoms with van der Waals surface area (Å²) in [6.45, 7) is -0.103. The minimum absolute atomic E-state index is 0.103. The number of methoxy groups -OCH3 is 1. The summed E-state index contributed by atoms with van der Waals surface area (Å²) in [5.74, 6) is 0.196. The molecule has 29 heavy (non-hydrogen) atoms. The van der Waals surface area contributed by atoms with Gasteiger partial charge in [0.05, 0.1) is 23.2 Å². The first-order valence-electron chi connectivity index (χ1n) is 8.84. The van der Waals surface area contributed by atoms with Crippen molar-refractivity contribution in [1.29, 1.82) is 0 Å². The van der Waals surface area contributed by atoms with Crippen molar-refractivity contribution in [3.8, 4) is 11.4 Å². The second-order valence-electron chi connectivity index (χ2n) is 6.28. The van der Waals surface area contributed by atoms with Gasteiger partial charge >= 0.3 is 0 Å². The molecular weight excluding hydrogens is 392 g/mol. The number of hydrogen-bond acceptors (Lipinski definition) is 4. The molecule has 8 heteroatoms. The van der Waals surface area contributed by atoms with E-state index in [9.17, 15) is 9.59 Å². The van der Waals surface area contributed by atoms with Crippen molar-refractivity contribution < 1.29 is 9.53 Å². The van der Waals surface area contributed by atoms with Gasteiger partial charge in [0.25, 0.3) is 5.56 Å². The van der Waals surface area contributed by atoms with E-state index in [4.69, 9.17) is 16.3 Å². The van der Waals surface area contributed by atoms with Crippen LogP contribution < -0.4 is 15.6 Å². The van der Waals surface area contributed by atoms with E-state index in [-0.39, 0.29) is 18.0 Å². The van der Waals surface area contributed by atoms with Crippen LogP contribution in [0.4, 0.5) is 5.69 Å². The number of amides is 1. The number of nitrogens with zero attached hydrogens (tertiary/aromatic N) is 3. The number of benzene rings is 2. The third kappa shape index (κ3) is 3.60. The zero-order valence-corrected chi connectivity index (χ0v) is 16.3. The molecule has 4 rings (SSSR count). The van der Waals surface area contributed by atoms with E-state index in [1.165, 1.54) is 11.8 Å². The molecule has 4 aromatic rings. The van der Waals surface area contributed by atoms with Gasteiger partial charge in [-0.2, -0.15) is 0 Å². The molecule has 0 fully saturated rings. The first kappa shape index (κ1) is 18.8. The van der Waals surface area contributed by atoms with Crippen LogP contribution in [0.2, 0.25) is 5.02 Å². The highest BCUT2D eigenvalue weighted by atomic mass is 35.5. The molecule has 7 nitrogen and oxygen atoms in total. The Bertz CT molecular complexity index is 1250. The van der Waals surface area contributed by atoms with Crippen LogP contribution in [0, 0.1) is 0 Å². The number of rotatable bonds is 5. The first-order valence-corrected chi connectivity index (χ1v) is 9.21. The smallest absolute Gasteiger partial charge is 0.280 e.